The molecule has 174 valence electrons. The highest BCUT2D eigenvalue weighted by Gasteiger charge is 2.15. The Bertz CT molecular complexity index is 1010. The van der Waals surface area contributed by atoms with E-state index in [4.69, 9.17) is 14.7 Å². The number of anilines is 1. The Kier molecular flexibility index (Phi) is 9.42. The quantitative estimate of drug-likeness (QED) is 0.489. The van der Waals surface area contributed by atoms with Crippen molar-refractivity contribution in [1.29, 1.82) is 5.26 Å². The fourth-order valence-electron chi connectivity index (χ4n) is 3.26. The summed E-state index contributed by atoms with van der Waals surface area (Å²) < 4.78 is 11.0. The summed E-state index contributed by atoms with van der Waals surface area (Å²) in [4.78, 5) is 26.5. The standard InChI is InChI=1S/C24H28N4O4S/c1-2-28(16-24(30)27-20-7-8-21-22(13-20)32-11-10-31-21)15-23(29)26-9-12-33-17-19-6-4-3-5-18(19)14-25/h3-8,13H,2,9-12,15-17H2,1H3,(H,26,29)(H,27,30). The summed E-state index contributed by atoms with van der Waals surface area (Å²) in [5, 5.41) is 14.9. The summed E-state index contributed by atoms with van der Waals surface area (Å²) in [5.41, 5.74) is 2.31. The van der Waals surface area contributed by atoms with Crippen molar-refractivity contribution in [3.8, 4) is 17.6 Å². The van der Waals surface area contributed by atoms with Gasteiger partial charge in [0.05, 0.1) is 24.7 Å². The lowest BCUT2D eigenvalue weighted by Crippen LogP contribution is -2.41. The van der Waals surface area contributed by atoms with Gasteiger partial charge in [-0.15, -0.1) is 0 Å². The zero-order valence-corrected chi connectivity index (χ0v) is 19.5. The number of hydrogen-bond acceptors (Lipinski definition) is 7. The molecule has 3 rings (SSSR count). The van der Waals surface area contributed by atoms with Gasteiger partial charge in [0, 0.05) is 29.8 Å². The van der Waals surface area contributed by atoms with Crippen LogP contribution in [0.5, 0.6) is 11.5 Å². The smallest absolute Gasteiger partial charge is 0.238 e. The zero-order chi connectivity index (χ0) is 23.5. The predicted molar refractivity (Wildman–Crippen MR) is 129 cm³/mol. The fraction of sp³-hybridized carbons (Fsp3) is 0.375. The Hall–Kier alpha value is -3.22. The van der Waals surface area contributed by atoms with Gasteiger partial charge in [-0.25, -0.2) is 0 Å². The first kappa shape index (κ1) is 24.4. The van der Waals surface area contributed by atoms with Gasteiger partial charge in [0.15, 0.2) is 11.5 Å². The lowest BCUT2D eigenvalue weighted by atomic mass is 10.1. The number of nitrogens with one attached hydrogen (secondary N) is 2. The van der Waals surface area contributed by atoms with Gasteiger partial charge in [-0.05, 0) is 30.3 Å². The number of hydrogen-bond donors (Lipinski definition) is 2. The Morgan fingerprint density at radius 2 is 1.85 bits per heavy atom. The number of carbonyl (C=O) groups excluding carboxylic acids is 2. The van der Waals surface area contributed by atoms with E-state index in [0.29, 0.717) is 49.1 Å². The summed E-state index contributed by atoms with van der Waals surface area (Å²) >= 11 is 1.66. The van der Waals surface area contributed by atoms with Crippen molar-refractivity contribution in [3.05, 3.63) is 53.6 Å². The molecule has 0 bridgehead atoms. The largest absolute Gasteiger partial charge is 0.486 e. The summed E-state index contributed by atoms with van der Waals surface area (Å²) in [6.07, 6.45) is 0. The van der Waals surface area contributed by atoms with Crippen LogP contribution in [0.4, 0.5) is 5.69 Å². The highest BCUT2D eigenvalue weighted by Crippen LogP contribution is 2.32. The van der Waals surface area contributed by atoms with E-state index in [1.807, 2.05) is 25.1 Å². The molecule has 2 aromatic rings. The number of thioether (sulfide) groups is 1. The molecule has 0 unspecified atom stereocenters. The highest BCUT2D eigenvalue weighted by molar-refractivity contribution is 7.98. The molecule has 1 aliphatic rings. The molecule has 0 saturated heterocycles. The number of benzene rings is 2. The number of amides is 2. The fourth-order valence-corrected chi connectivity index (χ4v) is 4.13. The molecule has 1 heterocycles. The van der Waals surface area contributed by atoms with E-state index >= 15 is 0 Å². The zero-order valence-electron chi connectivity index (χ0n) is 18.6. The number of carbonyl (C=O) groups is 2. The number of fused-ring (bicyclic) bond motifs is 1. The van der Waals surface area contributed by atoms with Crippen LogP contribution in [-0.4, -0.2) is 61.9 Å². The SMILES string of the molecule is CCN(CC(=O)NCCSCc1ccccc1C#N)CC(=O)Nc1ccc2c(c1)OCCO2. The van der Waals surface area contributed by atoms with E-state index in [1.165, 1.54) is 0 Å². The maximum atomic E-state index is 12.4. The molecule has 9 heteroatoms. The van der Waals surface area contributed by atoms with Crippen molar-refractivity contribution in [2.45, 2.75) is 12.7 Å². The lowest BCUT2D eigenvalue weighted by molar-refractivity contribution is -0.123. The first-order valence-corrected chi connectivity index (χ1v) is 12.0. The van der Waals surface area contributed by atoms with Crippen LogP contribution in [-0.2, 0) is 15.3 Å². The maximum Gasteiger partial charge on any atom is 0.238 e. The number of likely N-dealkylation sites (N-methyl/N-ethyl adjacent to an activating group) is 1. The summed E-state index contributed by atoms with van der Waals surface area (Å²) in [5.74, 6) is 2.41. The summed E-state index contributed by atoms with van der Waals surface area (Å²) in [6, 6.07) is 15.0. The van der Waals surface area contributed by atoms with Gasteiger partial charge < -0.3 is 20.1 Å². The molecule has 0 fully saturated rings. The van der Waals surface area contributed by atoms with Crippen LogP contribution < -0.4 is 20.1 Å². The van der Waals surface area contributed by atoms with Gasteiger partial charge in [0.2, 0.25) is 11.8 Å². The molecule has 8 nitrogen and oxygen atoms in total. The average Bonchev–Trinajstić information content (AvgIpc) is 2.83. The van der Waals surface area contributed by atoms with Crippen molar-refractivity contribution < 1.29 is 19.1 Å². The third-order valence-corrected chi connectivity index (χ3v) is 5.98. The van der Waals surface area contributed by atoms with Gasteiger partial charge >= 0.3 is 0 Å². The van der Waals surface area contributed by atoms with E-state index in [9.17, 15) is 9.59 Å². The Balaban J connectivity index is 1.36. The van der Waals surface area contributed by atoms with E-state index in [1.54, 1.807) is 40.9 Å². The minimum Gasteiger partial charge on any atom is -0.486 e. The Labute approximate surface area is 198 Å². The number of rotatable bonds is 11. The lowest BCUT2D eigenvalue weighted by Gasteiger charge is -2.21. The van der Waals surface area contributed by atoms with Crippen molar-refractivity contribution >= 4 is 29.3 Å². The van der Waals surface area contributed by atoms with Gasteiger partial charge in [-0.1, -0.05) is 25.1 Å². The molecule has 2 amide bonds. The van der Waals surface area contributed by atoms with E-state index in [2.05, 4.69) is 16.7 Å². The predicted octanol–water partition coefficient (Wildman–Crippen LogP) is 2.64. The Morgan fingerprint density at radius 3 is 2.64 bits per heavy atom. The van der Waals surface area contributed by atoms with E-state index in [0.717, 1.165) is 17.1 Å². The monoisotopic (exact) mass is 468 g/mol. The molecule has 0 saturated carbocycles. The first-order valence-electron chi connectivity index (χ1n) is 10.8. The van der Waals surface area contributed by atoms with Crippen LogP contribution >= 0.6 is 11.8 Å². The maximum absolute atomic E-state index is 12.4. The highest BCUT2D eigenvalue weighted by atomic mass is 32.2. The van der Waals surface area contributed by atoms with Crippen molar-refractivity contribution in [1.82, 2.24) is 10.2 Å². The molecule has 1 aliphatic heterocycles. The third kappa shape index (κ3) is 7.70. The van der Waals surface area contributed by atoms with Crippen LogP contribution in [0.2, 0.25) is 0 Å². The first-order chi connectivity index (χ1) is 16.1. The molecule has 0 radical (unpaired) electrons. The minimum absolute atomic E-state index is 0.109. The third-order valence-electron chi connectivity index (χ3n) is 4.97. The van der Waals surface area contributed by atoms with Crippen LogP contribution in [0, 0.1) is 11.3 Å². The molecule has 0 atom stereocenters. The van der Waals surface area contributed by atoms with Crippen molar-refractivity contribution in [3.63, 3.8) is 0 Å². The van der Waals surface area contributed by atoms with Gasteiger partial charge in [-0.3, -0.25) is 14.5 Å². The number of nitriles is 1. The summed E-state index contributed by atoms with van der Waals surface area (Å²) in [6.45, 7) is 4.26. The van der Waals surface area contributed by atoms with Crippen LogP contribution in [0.15, 0.2) is 42.5 Å². The van der Waals surface area contributed by atoms with E-state index in [-0.39, 0.29) is 24.9 Å². The van der Waals surface area contributed by atoms with Crippen LogP contribution in [0.1, 0.15) is 18.1 Å². The molecule has 0 spiro atoms. The topological polar surface area (TPSA) is 104 Å². The van der Waals surface area contributed by atoms with Crippen LogP contribution in [0.3, 0.4) is 0 Å². The van der Waals surface area contributed by atoms with E-state index < -0.39 is 0 Å². The second-order valence-electron chi connectivity index (χ2n) is 7.38. The molecule has 0 aromatic heterocycles. The molecule has 2 aromatic carbocycles. The second kappa shape index (κ2) is 12.7. The van der Waals surface area contributed by atoms with Crippen molar-refractivity contribution in [2.75, 3.05) is 50.5 Å². The molecular formula is C24H28N4O4S. The molecular weight excluding hydrogens is 440 g/mol. The van der Waals surface area contributed by atoms with Gasteiger partial charge in [0.25, 0.3) is 0 Å². The van der Waals surface area contributed by atoms with Crippen LogP contribution in [0.25, 0.3) is 0 Å². The molecule has 0 aliphatic carbocycles. The summed E-state index contributed by atoms with van der Waals surface area (Å²) in [7, 11) is 0. The van der Waals surface area contributed by atoms with Gasteiger partial charge in [0.1, 0.15) is 13.2 Å². The number of ether oxygens (including phenoxy) is 2. The molecule has 33 heavy (non-hydrogen) atoms. The number of nitrogens with zero attached hydrogens (tertiary/aromatic N) is 2. The van der Waals surface area contributed by atoms with Gasteiger partial charge in [-0.2, -0.15) is 17.0 Å². The normalized spacial score (nSPS) is 12.2. The average molecular weight is 469 g/mol. The minimum atomic E-state index is -0.201. The van der Waals surface area contributed by atoms with Crippen molar-refractivity contribution in [2.24, 2.45) is 0 Å². The molecule has 2 N–H and O–H groups in total. The Morgan fingerprint density at radius 1 is 1.09 bits per heavy atom. The second-order valence-corrected chi connectivity index (χ2v) is 8.49.